The van der Waals surface area contributed by atoms with Crippen molar-refractivity contribution >= 4 is 62.2 Å². The van der Waals surface area contributed by atoms with Crippen LogP contribution in [0.5, 0.6) is 0 Å². The van der Waals surface area contributed by atoms with Gasteiger partial charge < -0.3 is 19.9 Å². The highest BCUT2D eigenvalue weighted by Crippen LogP contribution is 2.40. The Labute approximate surface area is 365 Å². The van der Waals surface area contributed by atoms with E-state index in [0.29, 0.717) is 24.8 Å². The number of sulfonamides is 1. The van der Waals surface area contributed by atoms with E-state index in [0.717, 1.165) is 74.3 Å². The molecule has 1 aliphatic carbocycles. The van der Waals surface area contributed by atoms with Gasteiger partial charge in [0, 0.05) is 65.7 Å². The van der Waals surface area contributed by atoms with Crippen molar-refractivity contribution in [3.8, 4) is 0 Å². The van der Waals surface area contributed by atoms with E-state index in [4.69, 9.17) is 16.3 Å². The average molecular weight is 899 g/mol. The van der Waals surface area contributed by atoms with Crippen molar-refractivity contribution in [3.63, 3.8) is 0 Å². The number of methoxy groups -OCH3 is 1. The van der Waals surface area contributed by atoms with E-state index < -0.39 is 55.8 Å². The summed E-state index contributed by atoms with van der Waals surface area (Å²) in [5, 5.41) is 3.63. The van der Waals surface area contributed by atoms with Gasteiger partial charge in [-0.3, -0.25) is 9.69 Å². The molecule has 2 aliphatic rings. The van der Waals surface area contributed by atoms with Gasteiger partial charge in [0.1, 0.15) is 0 Å². The summed E-state index contributed by atoms with van der Waals surface area (Å²) >= 11 is 7.57. The Bertz CT molecular complexity index is 2290. The Morgan fingerprint density at radius 1 is 0.918 bits per heavy atom. The molecule has 1 saturated heterocycles. The molecule has 1 amide bonds. The zero-order valence-corrected chi connectivity index (χ0v) is 36.8. The molecular weight excluding hydrogens is 847 g/mol. The lowest BCUT2D eigenvalue weighted by molar-refractivity contribution is -0.137. The lowest BCUT2D eigenvalue weighted by Crippen LogP contribution is -2.47. The summed E-state index contributed by atoms with van der Waals surface area (Å²) in [6.45, 7) is 4.59. The lowest BCUT2D eigenvalue weighted by atomic mass is 9.87. The topological polar surface area (TPSA) is 111 Å². The van der Waals surface area contributed by atoms with E-state index in [1.165, 1.54) is 53.4 Å². The van der Waals surface area contributed by atoms with Crippen molar-refractivity contribution in [3.05, 3.63) is 124 Å². The zero-order chi connectivity index (χ0) is 43.7. The second-order valence-corrected chi connectivity index (χ2v) is 18.7. The Balaban J connectivity index is 1.15. The van der Waals surface area contributed by atoms with E-state index in [1.54, 1.807) is 12.1 Å². The van der Waals surface area contributed by atoms with Crippen LogP contribution in [-0.4, -0.2) is 102 Å². The predicted octanol–water partition coefficient (Wildman–Crippen LogP) is 8.94. The summed E-state index contributed by atoms with van der Waals surface area (Å²) in [6.07, 6.45) is -0.216. The molecule has 1 aliphatic heterocycles. The first-order chi connectivity index (χ1) is 29.1. The van der Waals surface area contributed by atoms with E-state index in [9.17, 15) is 31.2 Å². The minimum absolute atomic E-state index is 0.00732. The van der Waals surface area contributed by atoms with Gasteiger partial charge in [-0.05, 0) is 125 Å². The third kappa shape index (κ3) is 12.3. The summed E-state index contributed by atoms with van der Waals surface area (Å²) in [6, 6.07) is 24.5. The number of carbonyl (C=O) groups is 2. The number of anilines is 2. The maximum absolute atomic E-state index is 14.8. The average Bonchev–Trinajstić information content (AvgIpc) is 3.25. The number of rotatable bonds is 16. The van der Waals surface area contributed by atoms with Crippen molar-refractivity contribution in [1.82, 2.24) is 14.5 Å². The molecule has 6 rings (SSSR count). The number of allylic oxidation sites excluding steroid dienone is 1. The largest absolute Gasteiger partial charge is 0.465 e. The molecule has 0 radical (unpaired) electrons. The quantitative estimate of drug-likeness (QED) is 0.0836. The van der Waals surface area contributed by atoms with Crippen LogP contribution in [0.2, 0.25) is 5.02 Å². The number of carbonyl (C=O) groups excluding carboxylic acids is 2. The number of nitrogens with zero attached hydrogens (tertiary/aromatic N) is 3. The normalized spacial score (nSPS) is 15.8. The molecule has 10 nitrogen and oxygen atoms in total. The molecule has 0 saturated carbocycles. The fourth-order valence-electron chi connectivity index (χ4n) is 7.59. The molecule has 1 fully saturated rings. The molecule has 1 heterocycles. The number of ether oxygens (including phenoxy) is 1. The Morgan fingerprint density at radius 2 is 1.59 bits per heavy atom. The molecule has 4 aromatic carbocycles. The Hall–Kier alpha value is -4.54. The first kappa shape index (κ1) is 46.0. The van der Waals surface area contributed by atoms with Gasteiger partial charge in [-0.25, -0.2) is 17.9 Å². The van der Waals surface area contributed by atoms with E-state index in [2.05, 4.69) is 27.2 Å². The van der Waals surface area contributed by atoms with Gasteiger partial charge in [0.25, 0.3) is 15.9 Å². The highest BCUT2D eigenvalue weighted by atomic mass is 35.5. The number of esters is 1. The molecule has 0 spiro atoms. The van der Waals surface area contributed by atoms with Crippen LogP contribution >= 0.6 is 23.4 Å². The van der Waals surface area contributed by atoms with E-state index in [-0.39, 0.29) is 5.56 Å². The summed E-state index contributed by atoms with van der Waals surface area (Å²) < 4.78 is 78.4. The first-order valence-electron chi connectivity index (χ1n) is 20.2. The summed E-state index contributed by atoms with van der Waals surface area (Å²) in [5.41, 5.74) is 2.33. The number of hydrogen-bond donors (Lipinski definition) is 2. The maximum atomic E-state index is 14.8. The SMILES string of the molecule is COC(=O)c1cc(S(=O)(=O)NC(=O)c2ccc(N3CCN(CC4=C(c5ccc(Cl)cc5)CCCC4)CC3)cc2)cc(C(F)(F)F)c1N[C@H](CCN(C)C)CSc1ccccc1. The van der Waals surface area contributed by atoms with Crippen LogP contribution < -0.4 is 14.9 Å². The van der Waals surface area contributed by atoms with Crippen LogP contribution in [0.15, 0.2) is 106 Å². The number of alkyl halides is 3. The third-order valence-electron chi connectivity index (χ3n) is 10.9. The van der Waals surface area contributed by atoms with Gasteiger partial charge in [0.15, 0.2) is 0 Å². The fourth-order valence-corrected chi connectivity index (χ4v) is 9.73. The van der Waals surface area contributed by atoms with E-state index >= 15 is 0 Å². The summed E-state index contributed by atoms with van der Waals surface area (Å²) in [4.78, 5) is 32.9. The number of halogens is 4. The van der Waals surface area contributed by atoms with Gasteiger partial charge in [0.05, 0.1) is 28.8 Å². The van der Waals surface area contributed by atoms with Gasteiger partial charge >= 0.3 is 12.1 Å². The molecule has 1 atom stereocenters. The van der Waals surface area contributed by atoms with Gasteiger partial charge in [-0.15, -0.1) is 11.8 Å². The molecule has 0 unspecified atom stereocenters. The second-order valence-electron chi connectivity index (χ2n) is 15.5. The smallest absolute Gasteiger partial charge is 0.418 e. The van der Waals surface area contributed by atoms with Crippen molar-refractivity contribution in [2.45, 2.75) is 54.1 Å². The number of hydrogen-bond acceptors (Lipinski definition) is 10. The van der Waals surface area contributed by atoms with Gasteiger partial charge in [0.2, 0.25) is 0 Å². The van der Waals surface area contributed by atoms with Crippen LogP contribution in [0.25, 0.3) is 5.57 Å². The minimum Gasteiger partial charge on any atom is -0.465 e. The Kier molecular flexibility index (Phi) is 15.5. The van der Waals surface area contributed by atoms with Crippen molar-refractivity contribution < 1.29 is 35.9 Å². The predicted molar refractivity (Wildman–Crippen MR) is 237 cm³/mol. The lowest BCUT2D eigenvalue weighted by Gasteiger charge is -2.37. The first-order valence-corrected chi connectivity index (χ1v) is 23.0. The maximum Gasteiger partial charge on any atom is 0.418 e. The molecule has 326 valence electrons. The molecule has 0 bridgehead atoms. The third-order valence-corrected chi connectivity index (χ3v) is 13.6. The van der Waals surface area contributed by atoms with Gasteiger partial charge in [-0.1, -0.05) is 47.5 Å². The number of amides is 1. The number of benzene rings is 4. The molecule has 0 aromatic heterocycles. The van der Waals surface area contributed by atoms with Crippen molar-refractivity contribution in [2.75, 3.05) is 76.4 Å². The Morgan fingerprint density at radius 3 is 2.23 bits per heavy atom. The van der Waals surface area contributed by atoms with Crippen LogP contribution in [0.4, 0.5) is 24.5 Å². The fraction of sp³-hybridized carbons (Fsp3) is 0.378. The van der Waals surface area contributed by atoms with Crippen LogP contribution in [0.3, 0.4) is 0 Å². The summed E-state index contributed by atoms with van der Waals surface area (Å²) in [5.74, 6) is -1.87. The summed E-state index contributed by atoms with van der Waals surface area (Å²) in [7, 11) is -0.246. The monoisotopic (exact) mass is 897 g/mol. The van der Waals surface area contributed by atoms with Crippen molar-refractivity contribution in [1.29, 1.82) is 0 Å². The molecule has 2 N–H and O–H groups in total. The van der Waals surface area contributed by atoms with Crippen molar-refractivity contribution in [2.24, 2.45) is 0 Å². The van der Waals surface area contributed by atoms with Crippen LogP contribution in [0.1, 0.15) is 63.9 Å². The zero-order valence-electron chi connectivity index (χ0n) is 34.4. The second kappa shape index (κ2) is 20.6. The van der Waals surface area contributed by atoms with Crippen LogP contribution in [-0.2, 0) is 20.9 Å². The molecular formula is C45H51ClF3N5O5S2. The standard InChI is InChI=1S/C45H51ClF3N5O5S2/c1-52(2)22-21-35(30-60-37-10-5-4-6-11-37)50-42-40(44(56)59-3)27-38(28-41(42)45(47,48)49)61(57,58)51-43(55)32-15-19-36(20-16-32)54-25-23-53(24-26-54)29-33-9-7-8-12-39(33)31-13-17-34(46)18-14-31/h4-6,10-11,13-20,27-28,35,50H,7-9,12,21-26,29-30H2,1-3H3,(H,51,55)/t35-/m1/s1. The highest BCUT2D eigenvalue weighted by molar-refractivity contribution is 7.99. The minimum atomic E-state index is -5.09. The van der Waals surface area contributed by atoms with Crippen LogP contribution in [0, 0.1) is 0 Å². The molecule has 16 heteroatoms. The highest BCUT2D eigenvalue weighted by Gasteiger charge is 2.39. The number of piperazine rings is 1. The molecule has 61 heavy (non-hydrogen) atoms. The number of nitrogens with one attached hydrogen (secondary N) is 2. The molecule has 4 aromatic rings. The number of thioether (sulfide) groups is 1. The van der Waals surface area contributed by atoms with Gasteiger partial charge in [-0.2, -0.15) is 13.2 Å². The van der Waals surface area contributed by atoms with E-state index in [1.807, 2.05) is 66.2 Å².